The molecule has 2 heterocycles. The number of rotatable bonds is 4. The van der Waals surface area contributed by atoms with Crippen LogP contribution in [0.2, 0.25) is 0 Å². The first-order valence-corrected chi connectivity index (χ1v) is 8.18. The maximum absolute atomic E-state index is 12.5. The molecule has 4 rings (SSSR count). The molecule has 1 N–H and O–H groups in total. The van der Waals surface area contributed by atoms with Gasteiger partial charge in [-0.2, -0.15) is 0 Å². The van der Waals surface area contributed by atoms with Gasteiger partial charge in [0.15, 0.2) is 0 Å². The van der Waals surface area contributed by atoms with Crippen LogP contribution >= 0.6 is 12.4 Å². The SMILES string of the molecule is Cl.O=C1c2ccccc2C(=O)N1c1ccc(OCC2CCCN2)cc1. The highest BCUT2D eigenvalue weighted by molar-refractivity contribution is 6.34. The van der Waals surface area contributed by atoms with Crippen LogP contribution in [0.3, 0.4) is 0 Å². The standard InChI is InChI=1S/C19H18N2O3.ClH/c22-18-16-5-1-2-6-17(16)19(23)21(18)14-7-9-15(10-8-14)24-12-13-4-3-11-20-13;/h1-2,5-10,13,20H,3-4,11-12H2;1H. The molecule has 1 unspecified atom stereocenters. The molecular weight excluding hydrogens is 340 g/mol. The number of benzene rings is 2. The number of hydrogen-bond acceptors (Lipinski definition) is 4. The second-order valence-corrected chi connectivity index (χ2v) is 6.09. The fourth-order valence-electron chi connectivity index (χ4n) is 3.21. The third-order valence-electron chi connectivity index (χ3n) is 4.50. The summed E-state index contributed by atoms with van der Waals surface area (Å²) in [6.07, 6.45) is 2.32. The van der Waals surface area contributed by atoms with Crippen LogP contribution in [0.15, 0.2) is 48.5 Å². The molecule has 130 valence electrons. The second kappa shape index (κ2) is 7.25. The van der Waals surface area contributed by atoms with Crippen molar-refractivity contribution in [1.29, 1.82) is 0 Å². The summed E-state index contributed by atoms with van der Waals surface area (Å²) < 4.78 is 5.77. The van der Waals surface area contributed by atoms with E-state index in [-0.39, 0.29) is 24.2 Å². The molecule has 0 aromatic heterocycles. The quantitative estimate of drug-likeness (QED) is 0.853. The molecule has 2 aliphatic heterocycles. The summed E-state index contributed by atoms with van der Waals surface area (Å²) >= 11 is 0. The Hall–Kier alpha value is -2.37. The molecule has 6 heteroatoms. The zero-order chi connectivity index (χ0) is 16.5. The summed E-state index contributed by atoms with van der Waals surface area (Å²) in [5.41, 5.74) is 1.47. The number of imide groups is 1. The Bertz CT molecular complexity index is 751. The first-order valence-electron chi connectivity index (χ1n) is 8.18. The fourth-order valence-corrected chi connectivity index (χ4v) is 3.21. The van der Waals surface area contributed by atoms with E-state index in [2.05, 4.69) is 5.32 Å². The van der Waals surface area contributed by atoms with Crippen molar-refractivity contribution < 1.29 is 14.3 Å². The van der Waals surface area contributed by atoms with E-state index in [0.717, 1.165) is 18.7 Å². The lowest BCUT2D eigenvalue weighted by molar-refractivity contribution is 0.0926. The molecule has 2 aromatic carbocycles. The Labute approximate surface area is 152 Å². The number of fused-ring (bicyclic) bond motifs is 1. The number of carbonyl (C=O) groups excluding carboxylic acids is 2. The van der Waals surface area contributed by atoms with Crippen LogP contribution in [0.25, 0.3) is 0 Å². The highest BCUT2D eigenvalue weighted by Crippen LogP contribution is 2.29. The summed E-state index contributed by atoms with van der Waals surface area (Å²) in [4.78, 5) is 26.1. The fraction of sp³-hybridized carbons (Fsp3) is 0.263. The predicted octanol–water partition coefficient (Wildman–Crippen LogP) is 3.04. The van der Waals surface area contributed by atoms with Gasteiger partial charge in [-0.05, 0) is 55.8 Å². The van der Waals surface area contributed by atoms with Crippen molar-refractivity contribution in [3.63, 3.8) is 0 Å². The van der Waals surface area contributed by atoms with Gasteiger partial charge in [0.1, 0.15) is 12.4 Å². The molecule has 1 saturated heterocycles. The minimum Gasteiger partial charge on any atom is -0.492 e. The lowest BCUT2D eigenvalue weighted by atomic mass is 10.1. The van der Waals surface area contributed by atoms with Gasteiger partial charge in [0, 0.05) is 6.04 Å². The van der Waals surface area contributed by atoms with Crippen molar-refractivity contribution in [1.82, 2.24) is 5.32 Å². The van der Waals surface area contributed by atoms with Gasteiger partial charge in [0.25, 0.3) is 11.8 Å². The molecule has 0 radical (unpaired) electrons. The Kier molecular flexibility index (Phi) is 5.06. The molecule has 0 aliphatic carbocycles. The zero-order valence-corrected chi connectivity index (χ0v) is 14.4. The molecule has 0 saturated carbocycles. The largest absolute Gasteiger partial charge is 0.492 e. The number of carbonyl (C=O) groups is 2. The van der Waals surface area contributed by atoms with Gasteiger partial charge in [0.2, 0.25) is 0 Å². The van der Waals surface area contributed by atoms with Gasteiger partial charge in [0.05, 0.1) is 16.8 Å². The maximum atomic E-state index is 12.5. The Morgan fingerprint density at radius 1 is 1.00 bits per heavy atom. The molecule has 2 amide bonds. The molecule has 2 aliphatic rings. The van der Waals surface area contributed by atoms with Gasteiger partial charge in [-0.3, -0.25) is 9.59 Å². The van der Waals surface area contributed by atoms with E-state index < -0.39 is 0 Å². The number of halogens is 1. The monoisotopic (exact) mass is 358 g/mol. The zero-order valence-electron chi connectivity index (χ0n) is 13.6. The molecule has 0 bridgehead atoms. The normalized spacial score (nSPS) is 18.9. The highest BCUT2D eigenvalue weighted by Gasteiger charge is 2.36. The van der Waals surface area contributed by atoms with Gasteiger partial charge in [-0.15, -0.1) is 12.4 Å². The predicted molar refractivity (Wildman–Crippen MR) is 97.8 cm³/mol. The molecule has 5 nitrogen and oxygen atoms in total. The Morgan fingerprint density at radius 3 is 2.20 bits per heavy atom. The van der Waals surface area contributed by atoms with Crippen LogP contribution < -0.4 is 15.0 Å². The Morgan fingerprint density at radius 2 is 1.64 bits per heavy atom. The second-order valence-electron chi connectivity index (χ2n) is 6.09. The highest BCUT2D eigenvalue weighted by atomic mass is 35.5. The minimum absolute atomic E-state index is 0. The van der Waals surface area contributed by atoms with E-state index in [1.165, 1.54) is 11.3 Å². The van der Waals surface area contributed by atoms with E-state index >= 15 is 0 Å². The summed E-state index contributed by atoms with van der Waals surface area (Å²) in [5, 5.41) is 3.38. The number of nitrogens with one attached hydrogen (secondary N) is 1. The first kappa shape index (κ1) is 17.5. The van der Waals surface area contributed by atoms with Crippen molar-refractivity contribution in [2.45, 2.75) is 18.9 Å². The Balaban J connectivity index is 0.00000182. The molecule has 25 heavy (non-hydrogen) atoms. The molecule has 1 fully saturated rings. The topological polar surface area (TPSA) is 58.6 Å². The van der Waals surface area contributed by atoms with Gasteiger partial charge in [-0.1, -0.05) is 12.1 Å². The number of nitrogens with zero attached hydrogens (tertiary/aromatic N) is 1. The minimum atomic E-state index is -0.278. The number of ether oxygens (including phenoxy) is 1. The third-order valence-corrected chi connectivity index (χ3v) is 4.50. The van der Waals surface area contributed by atoms with Crippen LogP contribution in [0.5, 0.6) is 5.75 Å². The van der Waals surface area contributed by atoms with E-state index in [0.29, 0.717) is 29.5 Å². The van der Waals surface area contributed by atoms with E-state index in [4.69, 9.17) is 4.74 Å². The van der Waals surface area contributed by atoms with Crippen LogP contribution in [-0.4, -0.2) is 31.0 Å². The number of anilines is 1. The summed E-state index contributed by atoms with van der Waals surface area (Å²) in [7, 11) is 0. The van der Waals surface area contributed by atoms with E-state index in [1.807, 2.05) is 0 Å². The van der Waals surface area contributed by atoms with Crippen molar-refractivity contribution in [3.8, 4) is 5.75 Å². The molecule has 1 atom stereocenters. The van der Waals surface area contributed by atoms with Crippen LogP contribution in [0.1, 0.15) is 33.6 Å². The maximum Gasteiger partial charge on any atom is 0.266 e. The number of hydrogen-bond donors (Lipinski definition) is 1. The van der Waals surface area contributed by atoms with Crippen LogP contribution in [0, 0.1) is 0 Å². The van der Waals surface area contributed by atoms with E-state index in [1.54, 1.807) is 48.5 Å². The average Bonchev–Trinajstić information content (AvgIpc) is 3.22. The average molecular weight is 359 g/mol. The summed E-state index contributed by atoms with van der Waals surface area (Å²) in [6, 6.07) is 14.4. The lowest BCUT2D eigenvalue weighted by Crippen LogP contribution is -2.29. The summed E-state index contributed by atoms with van der Waals surface area (Å²) in [5.74, 6) is 0.183. The van der Waals surface area contributed by atoms with Crippen molar-refractivity contribution >= 4 is 29.9 Å². The van der Waals surface area contributed by atoms with Gasteiger partial charge in [-0.25, -0.2) is 4.90 Å². The summed E-state index contributed by atoms with van der Waals surface area (Å²) in [6.45, 7) is 1.68. The van der Waals surface area contributed by atoms with E-state index in [9.17, 15) is 9.59 Å². The van der Waals surface area contributed by atoms with Crippen LogP contribution in [-0.2, 0) is 0 Å². The lowest BCUT2D eigenvalue weighted by Gasteiger charge is -2.15. The van der Waals surface area contributed by atoms with Gasteiger partial charge >= 0.3 is 0 Å². The molecule has 0 spiro atoms. The van der Waals surface area contributed by atoms with Crippen molar-refractivity contribution in [2.24, 2.45) is 0 Å². The first-order chi connectivity index (χ1) is 11.7. The number of amides is 2. The van der Waals surface area contributed by atoms with Crippen molar-refractivity contribution in [3.05, 3.63) is 59.7 Å². The third kappa shape index (κ3) is 3.25. The smallest absolute Gasteiger partial charge is 0.266 e. The van der Waals surface area contributed by atoms with Gasteiger partial charge < -0.3 is 10.1 Å². The molecule has 2 aromatic rings. The van der Waals surface area contributed by atoms with Crippen molar-refractivity contribution in [2.75, 3.05) is 18.1 Å². The van der Waals surface area contributed by atoms with Crippen LogP contribution in [0.4, 0.5) is 5.69 Å². The molecular formula is C19H19ClN2O3.